The average molecular weight is 313 g/mol. The fraction of sp³-hybridized carbons (Fsp3) is 0.375. The number of carbonyl (C=O) groups is 2. The Kier molecular flexibility index (Phi) is 4.65. The van der Waals surface area contributed by atoms with E-state index in [2.05, 4.69) is 32.6 Å². The molecule has 0 aliphatic carbocycles. The van der Waals surface area contributed by atoms with Crippen molar-refractivity contribution < 1.29 is 9.59 Å². The Bertz CT molecular complexity index is 648. The molecule has 2 heterocycles. The van der Waals surface area contributed by atoms with Gasteiger partial charge in [-0.25, -0.2) is 5.10 Å². The van der Waals surface area contributed by atoms with Crippen LogP contribution in [0.2, 0.25) is 0 Å². The van der Waals surface area contributed by atoms with Crippen LogP contribution in [0.3, 0.4) is 0 Å². The molecule has 2 N–H and O–H groups in total. The van der Waals surface area contributed by atoms with Gasteiger partial charge in [0.25, 0.3) is 0 Å². The lowest BCUT2D eigenvalue weighted by molar-refractivity contribution is -0.144. The monoisotopic (exact) mass is 313 g/mol. The van der Waals surface area contributed by atoms with Crippen LogP contribution in [-0.2, 0) is 16.0 Å². The Morgan fingerprint density at radius 1 is 1.22 bits per heavy atom. The second kappa shape index (κ2) is 7.04. The van der Waals surface area contributed by atoms with E-state index in [4.69, 9.17) is 0 Å². The molecule has 120 valence electrons. The van der Waals surface area contributed by atoms with Crippen molar-refractivity contribution in [2.75, 3.05) is 18.4 Å². The first-order valence-corrected chi connectivity index (χ1v) is 7.72. The van der Waals surface area contributed by atoms with Crippen molar-refractivity contribution >= 4 is 17.8 Å². The standard InChI is InChI=1S/C16H19N5O2/c22-14(19-16-17-11-18-20-16)15(23)21-8-6-13(7-9-21)10-12-4-2-1-3-5-12/h1-5,11,13H,6-10H2,(H2,17,18,19,20,22). The van der Waals surface area contributed by atoms with E-state index in [9.17, 15) is 9.59 Å². The molecule has 1 fully saturated rings. The molecule has 7 heteroatoms. The molecule has 23 heavy (non-hydrogen) atoms. The number of likely N-dealkylation sites (tertiary alicyclic amines) is 1. The highest BCUT2D eigenvalue weighted by Crippen LogP contribution is 2.21. The molecule has 0 saturated carbocycles. The number of hydrogen-bond donors (Lipinski definition) is 2. The van der Waals surface area contributed by atoms with Crippen LogP contribution in [0.1, 0.15) is 18.4 Å². The van der Waals surface area contributed by atoms with Gasteiger partial charge in [0, 0.05) is 13.1 Å². The maximum atomic E-state index is 12.1. The highest BCUT2D eigenvalue weighted by atomic mass is 16.2. The van der Waals surface area contributed by atoms with Crippen molar-refractivity contribution in [1.82, 2.24) is 20.1 Å². The summed E-state index contributed by atoms with van der Waals surface area (Å²) in [4.78, 5) is 29.4. The summed E-state index contributed by atoms with van der Waals surface area (Å²) in [5.41, 5.74) is 1.32. The Morgan fingerprint density at radius 3 is 2.61 bits per heavy atom. The van der Waals surface area contributed by atoms with Gasteiger partial charge < -0.3 is 4.90 Å². The summed E-state index contributed by atoms with van der Waals surface area (Å²) in [7, 11) is 0. The molecule has 0 radical (unpaired) electrons. The number of rotatable bonds is 3. The first kappa shape index (κ1) is 15.2. The van der Waals surface area contributed by atoms with E-state index in [0.29, 0.717) is 19.0 Å². The quantitative estimate of drug-likeness (QED) is 0.834. The minimum absolute atomic E-state index is 0.183. The van der Waals surface area contributed by atoms with Crippen LogP contribution in [0.15, 0.2) is 36.7 Å². The number of hydrogen-bond acceptors (Lipinski definition) is 4. The number of anilines is 1. The fourth-order valence-corrected chi connectivity index (χ4v) is 2.86. The number of amides is 2. The summed E-state index contributed by atoms with van der Waals surface area (Å²) in [5, 5.41) is 8.53. The fourth-order valence-electron chi connectivity index (χ4n) is 2.86. The third-order valence-electron chi connectivity index (χ3n) is 4.11. The largest absolute Gasteiger partial charge is 0.334 e. The van der Waals surface area contributed by atoms with Crippen LogP contribution < -0.4 is 5.32 Å². The predicted octanol–water partition coefficient (Wildman–Crippen LogP) is 1.22. The van der Waals surface area contributed by atoms with Gasteiger partial charge in [0.15, 0.2) is 0 Å². The van der Waals surface area contributed by atoms with Crippen molar-refractivity contribution in [3.05, 3.63) is 42.2 Å². The maximum absolute atomic E-state index is 12.1. The molecule has 7 nitrogen and oxygen atoms in total. The van der Waals surface area contributed by atoms with Gasteiger partial charge in [0.2, 0.25) is 5.95 Å². The van der Waals surface area contributed by atoms with Crippen LogP contribution >= 0.6 is 0 Å². The molecule has 3 rings (SSSR count). The third-order valence-corrected chi connectivity index (χ3v) is 4.11. The zero-order valence-electron chi connectivity index (χ0n) is 12.7. The van der Waals surface area contributed by atoms with Crippen LogP contribution in [0.4, 0.5) is 5.95 Å². The minimum Gasteiger partial charge on any atom is -0.334 e. The number of nitrogens with one attached hydrogen (secondary N) is 2. The molecule has 1 aliphatic heterocycles. The van der Waals surface area contributed by atoms with Gasteiger partial charge in [-0.2, -0.15) is 10.1 Å². The topological polar surface area (TPSA) is 91.0 Å². The van der Waals surface area contributed by atoms with Gasteiger partial charge in [0.05, 0.1) is 0 Å². The van der Waals surface area contributed by atoms with Gasteiger partial charge in [0.1, 0.15) is 6.33 Å². The number of benzene rings is 1. The highest BCUT2D eigenvalue weighted by Gasteiger charge is 2.27. The molecule has 1 aromatic carbocycles. The molecule has 1 saturated heterocycles. The second-order valence-corrected chi connectivity index (χ2v) is 5.71. The minimum atomic E-state index is -0.678. The molecule has 1 aromatic heterocycles. The number of H-pyrrole nitrogens is 1. The number of aromatic nitrogens is 3. The second-order valence-electron chi connectivity index (χ2n) is 5.71. The van der Waals surface area contributed by atoms with Crippen molar-refractivity contribution in [2.24, 2.45) is 5.92 Å². The lowest BCUT2D eigenvalue weighted by Gasteiger charge is -2.31. The molecule has 0 spiro atoms. The Labute approximate surface area is 134 Å². The maximum Gasteiger partial charge on any atom is 0.316 e. The van der Waals surface area contributed by atoms with Crippen LogP contribution in [-0.4, -0.2) is 45.0 Å². The van der Waals surface area contributed by atoms with Gasteiger partial charge in [-0.05, 0) is 30.7 Å². The summed E-state index contributed by atoms with van der Waals surface area (Å²) in [6, 6.07) is 10.4. The molecular formula is C16H19N5O2. The number of piperidine rings is 1. The molecule has 2 amide bonds. The zero-order chi connectivity index (χ0) is 16.1. The molecule has 1 aliphatic rings. The molecule has 0 atom stereocenters. The average Bonchev–Trinajstić information content (AvgIpc) is 3.09. The first-order valence-electron chi connectivity index (χ1n) is 7.72. The normalized spacial score (nSPS) is 15.4. The van der Waals surface area contributed by atoms with E-state index < -0.39 is 11.8 Å². The SMILES string of the molecule is O=C(Nc1ncn[nH]1)C(=O)N1CCC(Cc2ccccc2)CC1. The van der Waals surface area contributed by atoms with Crippen molar-refractivity contribution in [1.29, 1.82) is 0 Å². The van der Waals surface area contributed by atoms with Gasteiger partial charge in [-0.3, -0.25) is 14.9 Å². The zero-order valence-corrected chi connectivity index (χ0v) is 12.7. The van der Waals surface area contributed by atoms with Crippen LogP contribution in [0.5, 0.6) is 0 Å². The van der Waals surface area contributed by atoms with E-state index in [1.54, 1.807) is 4.90 Å². The number of carbonyl (C=O) groups excluding carboxylic acids is 2. The van der Waals surface area contributed by atoms with E-state index in [1.807, 2.05) is 18.2 Å². The van der Waals surface area contributed by atoms with Gasteiger partial charge in [-0.15, -0.1) is 0 Å². The highest BCUT2D eigenvalue weighted by molar-refractivity contribution is 6.39. The van der Waals surface area contributed by atoms with Crippen LogP contribution in [0.25, 0.3) is 0 Å². The van der Waals surface area contributed by atoms with E-state index in [0.717, 1.165) is 19.3 Å². The lowest BCUT2D eigenvalue weighted by atomic mass is 9.90. The Morgan fingerprint density at radius 2 is 1.96 bits per heavy atom. The van der Waals surface area contributed by atoms with E-state index in [-0.39, 0.29) is 5.95 Å². The summed E-state index contributed by atoms with van der Waals surface area (Å²) in [6.45, 7) is 1.22. The van der Waals surface area contributed by atoms with E-state index in [1.165, 1.54) is 11.9 Å². The summed E-state index contributed by atoms with van der Waals surface area (Å²) < 4.78 is 0. The predicted molar refractivity (Wildman–Crippen MR) is 84.5 cm³/mol. The van der Waals surface area contributed by atoms with Crippen molar-refractivity contribution in [2.45, 2.75) is 19.3 Å². The number of nitrogens with zero attached hydrogens (tertiary/aromatic N) is 3. The molecule has 0 bridgehead atoms. The van der Waals surface area contributed by atoms with Crippen molar-refractivity contribution in [3.8, 4) is 0 Å². The van der Waals surface area contributed by atoms with E-state index >= 15 is 0 Å². The molecule has 2 aromatic rings. The third kappa shape index (κ3) is 3.94. The molecule has 0 unspecified atom stereocenters. The van der Waals surface area contributed by atoms with Crippen molar-refractivity contribution in [3.63, 3.8) is 0 Å². The smallest absolute Gasteiger partial charge is 0.316 e. The Balaban J connectivity index is 1.48. The Hall–Kier alpha value is -2.70. The first-order chi connectivity index (χ1) is 11.2. The molecular weight excluding hydrogens is 294 g/mol. The summed E-state index contributed by atoms with van der Waals surface area (Å²) >= 11 is 0. The number of aromatic amines is 1. The summed E-state index contributed by atoms with van der Waals surface area (Å²) in [6.07, 6.45) is 4.12. The van der Waals surface area contributed by atoms with Gasteiger partial charge in [-0.1, -0.05) is 30.3 Å². The summed E-state index contributed by atoms with van der Waals surface area (Å²) in [5.74, 6) is -0.455. The lowest BCUT2D eigenvalue weighted by Crippen LogP contribution is -2.44. The van der Waals surface area contributed by atoms with Gasteiger partial charge >= 0.3 is 11.8 Å². The van der Waals surface area contributed by atoms with Crippen LogP contribution in [0, 0.1) is 5.92 Å².